The smallest absolute Gasteiger partial charge is 0.234 e. The van der Waals surface area contributed by atoms with E-state index in [4.69, 9.17) is 11.0 Å². The molecule has 26 heavy (non-hydrogen) atoms. The number of benzene rings is 1. The van der Waals surface area contributed by atoms with Gasteiger partial charge in [0.05, 0.1) is 18.7 Å². The highest BCUT2D eigenvalue weighted by Gasteiger charge is 2.36. The Hall–Kier alpha value is -2.10. The molecule has 2 aliphatic rings. The van der Waals surface area contributed by atoms with E-state index in [2.05, 4.69) is 58.9 Å². The highest BCUT2D eigenvalue weighted by molar-refractivity contribution is 5.80. The van der Waals surface area contributed by atoms with Gasteiger partial charge in [0.15, 0.2) is 0 Å². The maximum absolute atomic E-state index is 11.8. The molecular formula is C20H29N5O. The Balaban J connectivity index is 1.64. The molecule has 1 amide bonds. The zero-order valence-electron chi connectivity index (χ0n) is 15.8. The zero-order chi connectivity index (χ0) is 18.7. The van der Waals surface area contributed by atoms with Crippen LogP contribution in [0.4, 0.5) is 5.69 Å². The number of piperazine rings is 1. The SMILES string of the molecule is C[C@H]1C[C@@H](C(N)=O)N([C@H](C)c2ccc(N3CCN(CC#N)CC3)cc2)C1. The van der Waals surface area contributed by atoms with Crippen molar-refractivity contribution in [3.8, 4) is 6.07 Å². The van der Waals surface area contributed by atoms with Crippen molar-refractivity contribution >= 4 is 11.6 Å². The van der Waals surface area contributed by atoms with Gasteiger partial charge in [-0.1, -0.05) is 19.1 Å². The van der Waals surface area contributed by atoms with Crippen molar-refractivity contribution in [1.29, 1.82) is 5.26 Å². The Bertz CT molecular complexity index is 660. The summed E-state index contributed by atoms with van der Waals surface area (Å²) < 4.78 is 0. The molecule has 0 saturated carbocycles. The molecule has 0 spiro atoms. The summed E-state index contributed by atoms with van der Waals surface area (Å²) in [4.78, 5) is 18.6. The van der Waals surface area contributed by atoms with E-state index in [1.165, 1.54) is 11.3 Å². The van der Waals surface area contributed by atoms with E-state index in [-0.39, 0.29) is 18.0 Å². The van der Waals surface area contributed by atoms with Crippen molar-refractivity contribution in [3.05, 3.63) is 29.8 Å². The Morgan fingerprint density at radius 3 is 2.50 bits per heavy atom. The fraction of sp³-hybridized carbons (Fsp3) is 0.600. The van der Waals surface area contributed by atoms with E-state index in [1.807, 2.05) is 0 Å². The first kappa shape index (κ1) is 18.7. The molecule has 2 heterocycles. The van der Waals surface area contributed by atoms with Gasteiger partial charge in [-0.3, -0.25) is 14.6 Å². The van der Waals surface area contributed by atoms with Crippen LogP contribution in [0.3, 0.4) is 0 Å². The third-order valence-corrected chi connectivity index (χ3v) is 5.78. The number of anilines is 1. The number of nitriles is 1. The van der Waals surface area contributed by atoms with Crippen LogP contribution in [0.5, 0.6) is 0 Å². The minimum Gasteiger partial charge on any atom is -0.369 e. The summed E-state index contributed by atoms with van der Waals surface area (Å²) in [6.45, 7) is 9.52. The number of nitrogens with two attached hydrogens (primary N) is 1. The molecule has 3 atom stereocenters. The van der Waals surface area contributed by atoms with Gasteiger partial charge >= 0.3 is 0 Å². The van der Waals surface area contributed by atoms with Gasteiger partial charge in [0, 0.05) is 44.5 Å². The maximum atomic E-state index is 11.8. The summed E-state index contributed by atoms with van der Waals surface area (Å²) >= 11 is 0. The molecule has 2 N–H and O–H groups in total. The van der Waals surface area contributed by atoms with Gasteiger partial charge in [-0.2, -0.15) is 5.26 Å². The van der Waals surface area contributed by atoms with E-state index in [9.17, 15) is 4.79 Å². The van der Waals surface area contributed by atoms with Gasteiger partial charge in [-0.25, -0.2) is 0 Å². The van der Waals surface area contributed by atoms with Gasteiger partial charge < -0.3 is 10.6 Å². The van der Waals surface area contributed by atoms with Gasteiger partial charge in [-0.15, -0.1) is 0 Å². The zero-order valence-corrected chi connectivity index (χ0v) is 15.8. The van der Waals surface area contributed by atoms with Crippen LogP contribution >= 0.6 is 0 Å². The molecule has 6 heteroatoms. The number of carbonyl (C=O) groups excluding carboxylic acids is 1. The normalized spacial score (nSPS) is 25.8. The molecule has 2 fully saturated rings. The van der Waals surface area contributed by atoms with Gasteiger partial charge in [0.2, 0.25) is 5.91 Å². The summed E-state index contributed by atoms with van der Waals surface area (Å²) in [5.74, 6) is 0.284. The van der Waals surface area contributed by atoms with Crippen molar-refractivity contribution in [2.45, 2.75) is 32.4 Å². The van der Waals surface area contributed by atoms with E-state index >= 15 is 0 Å². The first-order valence-electron chi connectivity index (χ1n) is 9.49. The minimum atomic E-state index is -0.215. The number of hydrogen-bond acceptors (Lipinski definition) is 5. The number of carbonyl (C=O) groups is 1. The molecular weight excluding hydrogens is 326 g/mol. The summed E-state index contributed by atoms with van der Waals surface area (Å²) in [7, 11) is 0. The highest BCUT2D eigenvalue weighted by Crippen LogP contribution is 2.32. The summed E-state index contributed by atoms with van der Waals surface area (Å²) in [6.07, 6.45) is 0.852. The second-order valence-corrected chi connectivity index (χ2v) is 7.64. The van der Waals surface area contributed by atoms with Crippen molar-refractivity contribution < 1.29 is 4.79 Å². The molecule has 0 aliphatic carbocycles. The summed E-state index contributed by atoms with van der Waals surface area (Å²) in [5.41, 5.74) is 8.05. The molecule has 140 valence electrons. The lowest BCUT2D eigenvalue weighted by Gasteiger charge is -2.35. The molecule has 6 nitrogen and oxygen atoms in total. The monoisotopic (exact) mass is 355 g/mol. The number of hydrogen-bond donors (Lipinski definition) is 1. The Morgan fingerprint density at radius 1 is 1.27 bits per heavy atom. The number of amides is 1. The molecule has 0 aromatic heterocycles. The van der Waals surface area contributed by atoms with E-state index < -0.39 is 0 Å². The van der Waals surface area contributed by atoms with Gasteiger partial charge in [0.25, 0.3) is 0 Å². The second kappa shape index (κ2) is 8.07. The topological polar surface area (TPSA) is 76.6 Å². The molecule has 3 rings (SSSR count). The highest BCUT2D eigenvalue weighted by atomic mass is 16.1. The predicted octanol–water partition coefficient (Wildman–Crippen LogP) is 1.59. The predicted molar refractivity (Wildman–Crippen MR) is 103 cm³/mol. The fourth-order valence-corrected chi connectivity index (χ4v) is 4.21. The molecule has 0 radical (unpaired) electrons. The van der Waals surface area contributed by atoms with Gasteiger partial charge in [-0.05, 0) is 37.0 Å². The molecule has 0 bridgehead atoms. The van der Waals surface area contributed by atoms with Gasteiger partial charge in [0.1, 0.15) is 0 Å². The van der Waals surface area contributed by atoms with Crippen molar-refractivity contribution in [1.82, 2.24) is 9.80 Å². The van der Waals surface area contributed by atoms with E-state index in [0.29, 0.717) is 12.5 Å². The Kier molecular flexibility index (Phi) is 5.80. The number of likely N-dealkylation sites (tertiary alicyclic amines) is 1. The lowest BCUT2D eigenvalue weighted by molar-refractivity contribution is -0.122. The third kappa shape index (κ3) is 4.00. The largest absolute Gasteiger partial charge is 0.369 e. The van der Waals surface area contributed by atoms with Crippen LogP contribution in [0.1, 0.15) is 31.9 Å². The molecule has 2 saturated heterocycles. The second-order valence-electron chi connectivity index (χ2n) is 7.64. The Labute approximate surface area is 156 Å². The Morgan fingerprint density at radius 2 is 1.92 bits per heavy atom. The van der Waals surface area contributed by atoms with Crippen molar-refractivity contribution in [3.63, 3.8) is 0 Å². The van der Waals surface area contributed by atoms with E-state index in [1.54, 1.807) is 0 Å². The summed E-state index contributed by atoms with van der Waals surface area (Å²) in [5, 5.41) is 8.80. The quantitative estimate of drug-likeness (QED) is 0.812. The van der Waals surface area contributed by atoms with Crippen LogP contribution in [0, 0.1) is 17.2 Å². The number of rotatable bonds is 5. The molecule has 1 aromatic carbocycles. The average molecular weight is 355 g/mol. The van der Waals surface area contributed by atoms with Crippen molar-refractivity contribution in [2.24, 2.45) is 11.7 Å². The number of nitrogens with zero attached hydrogens (tertiary/aromatic N) is 4. The van der Waals surface area contributed by atoms with Crippen LogP contribution in [0.2, 0.25) is 0 Å². The van der Waals surface area contributed by atoms with E-state index in [0.717, 1.165) is 39.1 Å². The van der Waals surface area contributed by atoms with Crippen molar-refractivity contribution in [2.75, 3.05) is 44.2 Å². The molecule has 1 aromatic rings. The van der Waals surface area contributed by atoms with Crippen LogP contribution in [0.15, 0.2) is 24.3 Å². The number of primary amides is 1. The third-order valence-electron chi connectivity index (χ3n) is 5.78. The standard InChI is InChI=1S/C20H29N5O/c1-15-13-19(20(22)26)25(14-15)16(2)17-3-5-18(6-4-17)24-11-9-23(8-7-21)10-12-24/h3-6,15-16,19H,8-14H2,1-2H3,(H2,22,26)/t15-,16+,19-/m0/s1. The van der Waals surface area contributed by atoms with Crippen LogP contribution in [0.25, 0.3) is 0 Å². The first-order valence-corrected chi connectivity index (χ1v) is 9.49. The first-order chi connectivity index (χ1) is 12.5. The average Bonchev–Trinajstić information content (AvgIpc) is 3.04. The fourth-order valence-electron chi connectivity index (χ4n) is 4.21. The molecule has 0 unspecified atom stereocenters. The van der Waals surface area contributed by atoms with Crippen LogP contribution < -0.4 is 10.6 Å². The minimum absolute atomic E-state index is 0.159. The lowest BCUT2D eigenvalue weighted by atomic mass is 10.0. The molecule has 2 aliphatic heterocycles. The lowest BCUT2D eigenvalue weighted by Crippen LogP contribution is -2.46. The van der Waals surface area contributed by atoms with Crippen LogP contribution in [-0.2, 0) is 4.79 Å². The summed E-state index contributed by atoms with van der Waals surface area (Å²) in [6, 6.07) is 10.9. The van der Waals surface area contributed by atoms with Crippen LogP contribution in [-0.4, -0.2) is 61.0 Å². The maximum Gasteiger partial charge on any atom is 0.234 e.